The lowest BCUT2D eigenvalue weighted by Crippen LogP contribution is -2.40. The van der Waals surface area contributed by atoms with Gasteiger partial charge in [0.2, 0.25) is 0 Å². The first-order valence-corrected chi connectivity index (χ1v) is 11.4. The summed E-state index contributed by atoms with van der Waals surface area (Å²) in [5.74, 6) is 0. The molecule has 140 valence electrons. The fourth-order valence-electron chi connectivity index (χ4n) is 5.39. The lowest BCUT2D eigenvalue weighted by Gasteiger charge is -2.30. The van der Waals surface area contributed by atoms with E-state index in [2.05, 4.69) is 10.6 Å². The maximum atomic E-state index is 3.86. The van der Waals surface area contributed by atoms with Gasteiger partial charge >= 0.3 is 0 Å². The van der Waals surface area contributed by atoms with Crippen molar-refractivity contribution in [3.05, 3.63) is 0 Å². The van der Waals surface area contributed by atoms with Crippen molar-refractivity contribution in [2.24, 2.45) is 0 Å². The van der Waals surface area contributed by atoms with Crippen molar-refractivity contribution in [2.45, 2.75) is 140 Å². The maximum Gasteiger partial charge on any atom is 0.00696 e. The van der Waals surface area contributed by atoms with Crippen molar-refractivity contribution in [3.63, 3.8) is 0 Å². The molecular weight excluding hydrogens is 292 g/mol. The molecule has 0 amide bonds. The van der Waals surface area contributed by atoms with Crippen molar-refractivity contribution < 1.29 is 0 Å². The third-order valence-electron chi connectivity index (χ3n) is 6.86. The molecule has 4 aliphatic carbocycles. The van der Waals surface area contributed by atoms with Gasteiger partial charge in [0.15, 0.2) is 0 Å². The molecule has 2 N–H and O–H groups in total. The highest BCUT2D eigenvalue weighted by Crippen LogP contribution is 2.24. The summed E-state index contributed by atoms with van der Waals surface area (Å²) in [6, 6.07) is 3.52. The molecule has 0 aromatic carbocycles. The molecule has 0 aliphatic heterocycles. The summed E-state index contributed by atoms with van der Waals surface area (Å²) in [6.45, 7) is 0. The lowest BCUT2D eigenvalue weighted by molar-refractivity contribution is 0.291. The predicted octanol–water partition coefficient (Wildman–Crippen LogP) is 5.70. The Bertz CT molecular complexity index is 276. The van der Waals surface area contributed by atoms with Crippen LogP contribution >= 0.6 is 0 Å². The Hall–Kier alpha value is -0.0800. The third kappa shape index (κ3) is 6.67. The molecule has 4 rings (SSSR count). The van der Waals surface area contributed by atoms with Gasteiger partial charge in [-0.3, -0.25) is 0 Å². The molecule has 2 heteroatoms. The van der Waals surface area contributed by atoms with Gasteiger partial charge in [-0.15, -0.1) is 0 Å². The van der Waals surface area contributed by atoms with E-state index in [1.54, 1.807) is 0 Å². The van der Waals surface area contributed by atoms with Crippen LogP contribution in [0.5, 0.6) is 0 Å². The van der Waals surface area contributed by atoms with Gasteiger partial charge in [-0.25, -0.2) is 0 Å². The topological polar surface area (TPSA) is 24.1 Å². The van der Waals surface area contributed by atoms with Crippen LogP contribution in [0.2, 0.25) is 0 Å². The van der Waals surface area contributed by atoms with E-state index in [1.807, 2.05) is 0 Å². The van der Waals surface area contributed by atoms with E-state index in [0.717, 1.165) is 24.2 Å². The first-order valence-electron chi connectivity index (χ1n) is 11.4. The minimum absolute atomic E-state index is 0.872. The molecule has 4 saturated carbocycles. The molecule has 0 unspecified atom stereocenters. The molecule has 0 atom stereocenters. The number of rotatable bonds is 4. The summed E-state index contributed by atoms with van der Waals surface area (Å²) in [5, 5.41) is 7.64. The summed E-state index contributed by atoms with van der Waals surface area (Å²) >= 11 is 0. The first kappa shape index (κ1) is 18.7. The van der Waals surface area contributed by atoms with Gasteiger partial charge in [-0.2, -0.15) is 0 Å². The molecular formula is C22H42N2. The molecule has 0 aromatic rings. The van der Waals surface area contributed by atoms with Gasteiger partial charge in [0.05, 0.1) is 0 Å². The van der Waals surface area contributed by atoms with Gasteiger partial charge in [-0.05, 0) is 51.4 Å². The molecule has 24 heavy (non-hydrogen) atoms. The standard InChI is InChI=1S/C12H23N.C10H19N/c1-3-7-11(8-4-1)13-12-9-5-2-6-10-12;1-2-6-9(5-1)11-10-7-3-4-8-10/h11-13H,1-10H2;9-11H,1-8H2. The fraction of sp³-hybridized carbons (Fsp3) is 1.00. The van der Waals surface area contributed by atoms with E-state index in [1.165, 1.54) is 116 Å². The Labute approximate surface area is 150 Å². The molecule has 4 aliphatic rings. The Morgan fingerprint density at radius 3 is 0.750 bits per heavy atom. The van der Waals surface area contributed by atoms with Gasteiger partial charge in [0.1, 0.15) is 0 Å². The van der Waals surface area contributed by atoms with Crippen LogP contribution < -0.4 is 10.6 Å². The minimum Gasteiger partial charge on any atom is -0.311 e. The molecule has 2 nitrogen and oxygen atoms in total. The summed E-state index contributed by atoms with van der Waals surface area (Å²) in [7, 11) is 0. The van der Waals surface area contributed by atoms with Crippen LogP contribution in [0.4, 0.5) is 0 Å². The number of hydrogen-bond donors (Lipinski definition) is 2. The summed E-state index contributed by atoms with van der Waals surface area (Å²) in [6.07, 6.45) is 26.2. The molecule has 0 bridgehead atoms. The summed E-state index contributed by atoms with van der Waals surface area (Å²) in [5.41, 5.74) is 0. The predicted molar refractivity (Wildman–Crippen MR) is 105 cm³/mol. The van der Waals surface area contributed by atoms with Crippen molar-refractivity contribution >= 4 is 0 Å². The maximum absolute atomic E-state index is 3.86. The first-order chi connectivity index (χ1) is 11.9. The van der Waals surface area contributed by atoms with E-state index >= 15 is 0 Å². The Morgan fingerprint density at radius 1 is 0.292 bits per heavy atom. The SMILES string of the molecule is C1CCC(NC2CCCC2)C1.C1CCC(NC2CCCCC2)CC1. The average molecular weight is 335 g/mol. The second-order valence-corrected chi connectivity index (χ2v) is 8.97. The van der Waals surface area contributed by atoms with Crippen molar-refractivity contribution in [1.82, 2.24) is 10.6 Å². The molecule has 0 aromatic heterocycles. The molecule has 0 saturated heterocycles. The Morgan fingerprint density at radius 2 is 0.500 bits per heavy atom. The second kappa shape index (κ2) is 10.8. The normalized spacial score (nSPS) is 28.0. The van der Waals surface area contributed by atoms with Crippen LogP contribution in [0.3, 0.4) is 0 Å². The van der Waals surface area contributed by atoms with E-state index in [9.17, 15) is 0 Å². The van der Waals surface area contributed by atoms with Crippen LogP contribution in [-0.4, -0.2) is 24.2 Å². The van der Waals surface area contributed by atoms with E-state index in [0.29, 0.717) is 0 Å². The van der Waals surface area contributed by atoms with Crippen LogP contribution in [-0.2, 0) is 0 Å². The average Bonchev–Trinajstić information content (AvgIpc) is 3.32. The van der Waals surface area contributed by atoms with Crippen molar-refractivity contribution in [2.75, 3.05) is 0 Å². The highest BCUT2D eigenvalue weighted by atomic mass is 15.0. The molecule has 0 radical (unpaired) electrons. The van der Waals surface area contributed by atoms with Gasteiger partial charge in [0, 0.05) is 24.2 Å². The monoisotopic (exact) mass is 334 g/mol. The fourth-order valence-corrected chi connectivity index (χ4v) is 5.39. The van der Waals surface area contributed by atoms with E-state index < -0.39 is 0 Å². The summed E-state index contributed by atoms with van der Waals surface area (Å²) in [4.78, 5) is 0. The van der Waals surface area contributed by atoms with Crippen molar-refractivity contribution in [3.8, 4) is 0 Å². The lowest BCUT2D eigenvalue weighted by atomic mass is 9.91. The third-order valence-corrected chi connectivity index (χ3v) is 6.86. The molecule has 0 spiro atoms. The largest absolute Gasteiger partial charge is 0.311 e. The Kier molecular flexibility index (Phi) is 8.42. The van der Waals surface area contributed by atoms with E-state index in [-0.39, 0.29) is 0 Å². The van der Waals surface area contributed by atoms with Crippen molar-refractivity contribution in [1.29, 1.82) is 0 Å². The zero-order valence-corrected chi connectivity index (χ0v) is 16.0. The number of nitrogens with one attached hydrogen (secondary N) is 2. The highest BCUT2D eigenvalue weighted by molar-refractivity contribution is 4.81. The highest BCUT2D eigenvalue weighted by Gasteiger charge is 2.21. The zero-order valence-electron chi connectivity index (χ0n) is 16.0. The van der Waals surface area contributed by atoms with Crippen LogP contribution in [0.25, 0.3) is 0 Å². The van der Waals surface area contributed by atoms with E-state index in [4.69, 9.17) is 0 Å². The van der Waals surface area contributed by atoms with Crippen LogP contribution in [0.1, 0.15) is 116 Å². The molecule has 0 heterocycles. The zero-order chi connectivity index (χ0) is 16.5. The van der Waals surface area contributed by atoms with Gasteiger partial charge in [0.25, 0.3) is 0 Å². The van der Waals surface area contributed by atoms with Crippen LogP contribution in [0.15, 0.2) is 0 Å². The molecule has 4 fully saturated rings. The second-order valence-electron chi connectivity index (χ2n) is 8.97. The van der Waals surface area contributed by atoms with Crippen LogP contribution in [0, 0.1) is 0 Å². The van der Waals surface area contributed by atoms with Gasteiger partial charge in [-0.1, -0.05) is 64.2 Å². The quantitative estimate of drug-likeness (QED) is 0.689. The number of hydrogen-bond acceptors (Lipinski definition) is 2. The van der Waals surface area contributed by atoms with Gasteiger partial charge < -0.3 is 10.6 Å². The Balaban J connectivity index is 0.000000143. The summed E-state index contributed by atoms with van der Waals surface area (Å²) < 4.78 is 0. The smallest absolute Gasteiger partial charge is 0.00696 e. The minimum atomic E-state index is 0.872.